The molecule has 0 saturated heterocycles. The van der Waals surface area contributed by atoms with Crippen LogP contribution < -0.4 is 10.5 Å². The molecule has 2 rings (SSSR count). The van der Waals surface area contributed by atoms with Crippen LogP contribution >= 0.6 is 12.4 Å². The zero-order valence-corrected chi connectivity index (χ0v) is 9.12. The Morgan fingerprint density at radius 1 is 1.19 bits per heavy atom. The lowest BCUT2D eigenvalue weighted by molar-refractivity contribution is 0.250. The Bertz CT molecular complexity index is 396. The summed E-state index contributed by atoms with van der Waals surface area (Å²) in [6, 6.07) is 1.54. The van der Waals surface area contributed by atoms with E-state index in [0.29, 0.717) is 6.07 Å². The molecule has 0 heterocycles. The molecule has 0 atom stereocenters. The predicted octanol–water partition coefficient (Wildman–Crippen LogP) is 2.40. The minimum Gasteiger partial charge on any atom is -0.486 e. The van der Waals surface area contributed by atoms with Gasteiger partial charge in [0.15, 0.2) is 17.4 Å². The summed E-state index contributed by atoms with van der Waals surface area (Å²) in [6.45, 7) is 0.00426. The number of benzene rings is 1. The fourth-order valence-electron chi connectivity index (χ4n) is 1.16. The zero-order chi connectivity index (χ0) is 11.1. The summed E-state index contributed by atoms with van der Waals surface area (Å²) < 4.78 is 43.7. The van der Waals surface area contributed by atoms with Gasteiger partial charge in [0.25, 0.3) is 0 Å². The van der Waals surface area contributed by atoms with Gasteiger partial charge in [-0.25, -0.2) is 8.78 Å². The molecular weight excluding hydrogens is 243 g/mol. The van der Waals surface area contributed by atoms with Gasteiger partial charge in [-0.3, -0.25) is 0 Å². The van der Waals surface area contributed by atoms with Gasteiger partial charge >= 0.3 is 0 Å². The first-order valence-electron chi connectivity index (χ1n) is 4.57. The first kappa shape index (κ1) is 13.1. The molecule has 0 aliphatic heterocycles. The van der Waals surface area contributed by atoms with Crippen molar-refractivity contribution in [1.29, 1.82) is 0 Å². The highest BCUT2D eigenvalue weighted by Gasteiger charge is 2.39. The minimum absolute atomic E-state index is 0. The highest BCUT2D eigenvalue weighted by Crippen LogP contribution is 2.33. The maximum absolute atomic E-state index is 13.1. The third-order valence-electron chi connectivity index (χ3n) is 2.40. The molecule has 0 bridgehead atoms. The predicted molar refractivity (Wildman–Crippen MR) is 55.2 cm³/mol. The average molecular weight is 254 g/mol. The highest BCUT2D eigenvalue weighted by atomic mass is 35.5. The Balaban J connectivity index is 0.00000128. The summed E-state index contributed by atoms with van der Waals surface area (Å²) in [7, 11) is 0. The van der Waals surface area contributed by atoms with E-state index in [-0.39, 0.29) is 19.0 Å². The van der Waals surface area contributed by atoms with Crippen LogP contribution in [-0.2, 0) is 0 Å². The molecule has 2 N–H and O–H groups in total. The highest BCUT2D eigenvalue weighted by molar-refractivity contribution is 5.85. The van der Waals surface area contributed by atoms with E-state index >= 15 is 0 Å². The summed E-state index contributed by atoms with van der Waals surface area (Å²) in [5.41, 5.74) is 5.17. The molecule has 1 saturated carbocycles. The number of hydrogen-bond donors (Lipinski definition) is 1. The second-order valence-corrected chi connectivity index (χ2v) is 3.82. The molecule has 1 aliphatic carbocycles. The largest absolute Gasteiger partial charge is 0.486 e. The number of hydrogen-bond acceptors (Lipinski definition) is 2. The maximum atomic E-state index is 13.1. The number of rotatable bonds is 3. The number of ether oxygens (including phenoxy) is 1. The Hall–Kier alpha value is -0.940. The normalized spacial score (nSPS) is 16.5. The topological polar surface area (TPSA) is 35.2 Å². The van der Waals surface area contributed by atoms with Crippen molar-refractivity contribution in [3.8, 4) is 5.75 Å². The second-order valence-electron chi connectivity index (χ2n) is 3.82. The van der Waals surface area contributed by atoms with Crippen molar-refractivity contribution in [2.45, 2.75) is 18.4 Å². The van der Waals surface area contributed by atoms with Crippen molar-refractivity contribution in [2.75, 3.05) is 6.61 Å². The van der Waals surface area contributed by atoms with E-state index in [9.17, 15) is 13.2 Å². The van der Waals surface area contributed by atoms with Crippen LogP contribution in [0.3, 0.4) is 0 Å². The van der Waals surface area contributed by atoms with Crippen LogP contribution in [0.15, 0.2) is 12.1 Å². The molecule has 1 aromatic carbocycles. The van der Waals surface area contributed by atoms with Gasteiger partial charge in [-0.1, -0.05) is 0 Å². The quantitative estimate of drug-likeness (QED) is 0.840. The van der Waals surface area contributed by atoms with Gasteiger partial charge in [0.2, 0.25) is 5.82 Å². The van der Waals surface area contributed by atoms with Gasteiger partial charge in [0, 0.05) is 0 Å². The number of halogens is 4. The van der Waals surface area contributed by atoms with Gasteiger partial charge < -0.3 is 10.5 Å². The third kappa shape index (κ3) is 2.59. The van der Waals surface area contributed by atoms with Crippen molar-refractivity contribution >= 4 is 12.4 Å². The summed E-state index contributed by atoms with van der Waals surface area (Å²) >= 11 is 0. The summed E-state index contributed by atoms with van der Waals surface area (Å²) in [4.78, 5) is 0. The lowest BCUT2D eigenvalue weighted by Gasteiger charge is -2.12. The van der Waals surface area contributed by atoms with Gasteiger partial charge in [0.1, 0.15) is 6.61 Å². The van der Waals surface area contributed by atoms with Crippen molar-refractivity contribution in [1.82, 2.24) is 0 Å². The van der Waals surface area contributed by atoms with E-state index < -0.39 is 28.7 Å². The fourth-order valence-corrected chi connectivity index (χ4v) is 1.16. The van der Waals surface area contributed by atoms with E-state index in [2.05, 4.69) is 0 Å². The van der Waals surface area contributed by atoms with E-state index in [1.165, 1.54) is 0 Å². The molecule has 90 valence electrons. The van der Waals surface area contributed by atoms with Crippen LogP contribution in [0.25, 0.3) is 0 Å². The molecule has 0 spiro atoms. The Morgan fingerprint density at radius 2 is 1.75 bits per heavy atom. The maximum Gasteiger partial charge on any atom is 0.203 e. The van der Waals surface area contributed by atoms with Gasteiger partial charge in [-0.05, 0) is 25.0 Å². The summed E-state index contributed by atoms with van der Waals surface area (Å²) in [5.74, 6) is -4.04. The monoisotopic (exact) mass is 253 g/mol. The van der Waals surface area contributed by atoms with Crippen LogP contribution in [-0.4, -0.2) is 12.1 Å². The molecule has 0 radical (unpaired) electrons. The smallest absolute Gasteiger partial charge is 0.203 e. The van der Waals surface area contributed by atoms with Crippen molar-refractivity contribution < 1.29 is 17.9 Å². The molecule has 2 nitrogen and oxygen atoms in total. The lowest BCUT2D eigenvalue weighted by Crippen LogP contribution is -2.30. The van der Waals surface area contributed by atoms with Crippen LogP contribution in [0.5, 0.6) is 5.75 Å². The Kier molecular flexibility index (Phi) is 3.70. The SMILES string of the molecule is Cl.NC1(COc2c(F)ccc(F)c2F)CC1. The van der Waals surface area contributed by atoms with Gasteiger partial charge in [0.05, 0.1) is 5.54 Å². The minimum atomic E-state index is -1.31. The molecule has 0 unspecified atom stereocenters. The third-order valence-corrected chi connectivity index (χ3v) is 2.40. The molecule has 0 aromatic heterocycles. The lowest BCUT2D eigenvalue weighted by atomic mass is 10.3. The summed E-state index contributed by atoms with van der Waals surface area (Å²) in [6.07, 6.45) is 1.51. The van der Waals surface area contributed by atoms with Crippen LogP contribution in [0.2, 0.25) is 0 Å². The zero-order valence-electron chi connectivity index (χ0n) is 8.30. The number of nitrogens with two attached hydrogens (primary N) is 1. The van der Waals surface area contributed by atoms with Gasteiger partial charge in [-0.2, -0.15) is 4.39 Å². The summed E-state index contributed by atoms with van der Waals surface area (Å²) in [5, 5.41) is 0. The van der Waals surface area contributed by atoms with Crippen LogP contribution in [0, 0.1) is 17.5 Å². The van der Waals surface area contributed by atoms with E-state index in [0.717, 1.165) is 18.9 Å². The van der Waals surface area contributed by atoms with Crippen LogP contribution in [0.4, 0.5) is 13.2 Å². The molecule has 0 amide bonds. The first-order valence-corrected chi connectivity index (χ1v) is 4.57. The van der Waals surface area contributed by atoms with Crippen molar-refractivity contribution in [3.05, 3.63) is 29.6 Å². The van der Waals surface area contributed by atoms with Crippen molar-refractivity contribution in [2.24, 2.45) is 5.73 Å². The Morgan fingerprint density at radius 3 is 2.31 bits per heavy atom. The molecule has 1 fully saturated rings. The fraction of sp³-hybridized carbons (Fsp3) is 0.400. The van der Waals surface area contributed by atoms with E-state index in [4.69, 9.17) is 10.5 Å². The van der Waals surface area contributed by atoms with Crippen LogP contribution in [0.1, 0.15) is 12.8 Å². The molecule has 1 aromatic rings. The van der Waals surface area contributed by atoms with E-state index in [1.807, 2.05) is 0 Å². The second kappa shape index (κ2) is 4.51. The van der Waals surface area contributed by atoms with E-state index in [1.54, 1.807) is 0 Å². The molecular formula is C10H11ClF3NO. The van der Waals surface area contributed by atoms with Crippen molar-refractivity contribution in [3.63, 3.8) is 0 Å². The average Bonchev–Trinajstić information content (AvgIpc) is 2.91. The molecule has 6 heteroatoms. The molecule has 16 heavy (non-hydrogen) atoms. The Labute approximate surface area is 97.0 Å². The molecule has 1 aliphatic rings. The standard InChI is InChI=1S/C10H10F3NO.ClH/c11-6-1-2-7(12)9(8(6)13)15-5-10(14)3-4-10;/h1-2H,3-5,14H2;1H. The van der Waals surface area contributed by atoms with Gasteiger partial charge in [-0.15, -0.1) is 12.4 Å². The first-order chi connectivity index (χ1) is 7.02.